The molecule has 0 saturated carbocycles. The number of ether oxygens (including phenoxy) is 2. The van der Waals surface area contributed by atoms with Crippen LogP contribution in [0.25, 0.3) is 0 Å². The summed E-state index contributed by atoms with van der Waals surface area (Å²) in [5, 5.41) is 13.3. The van der Waals surface area contributed by atoms with E-state index in [1.54, 1.807) is 12.1 Å². The second-order valence-electron chi connectivity index (χ2n) is 6.63. The number of halogens is 2. The molecule has 0 radical (unpaired) electrons. The van der Waals surface area contributed by atoms with Crippen LogP contribution in [0.4, 0.5) is 5.69 Å². The molecule has 0 amide bonds. The summed E-state index contributed by atoms with van der Waals surface area (Å²) in [4.78, 5) is 0. The number of benzene rings is 3. The first-order valence-electron chi connectivity index (χ1n) is 9.32. The first-order valence-corrected chi connectivity index (χ1v) is 10.1. The standard InChI is InChI=1S/C23H23Cl2NO3/c1-3-28-22-10-16(13-26-18-11-19(24)23(27)20(25)12-18)7-8-21(22)29-14-17-6-4-5-15(2)9-17/h4-12,26-27H,3,13-14H2,1-2H3. The topological polar surface area (TPSA) is 50.7 Å². The largest absolute Gasteiger partial charge is 0.505 e. The number of rotatable bonds is 8. The molecule has 0 atom stereocenters. The summed E-state index contributed by atoms with van der Waals surface area (Å²) in [7, 11) is 0. The van der Waals surface area contributed by atoms with Crippen LogP contribution in [0.1, 0.15) is 23.6 Å². The van der Waals surface area contributed by atoms with Gasteiger partial charge in [-0.05, 0) is 49.2 Å². The summed E-state index contributed by atoms with van der Waals surface area (Å²) < 4.78 is 11.8. The molecule has 0 heterocycles. The van der Waals surface area contributed by atoms with Crippen LogP contribution >= 0.6 is 23.2 Å². The fourth-order valence-corrected chi connectivity index (χ4v) is 3.37. The minimum absolute atomic E-state index is 0.118. The van der Waals surface area contributed by atoms with Crippen LogP contribution < -0.4 is 14.8 Å². The molecule has 0 aliphatic carbocycles. The summed E-state index contributed by atoms with van der Waals surface area (Å²) in [5.41, 5.74) is 4.04. The molecule has 0 aliphatic heterocycles. The van der Waals surface area contributed by atoms with Gasteiger partial charge in [0.2, 0.25) is 0 Å². The van der Waals surface area contributed by atoms with Gasteiger partial charge < -0.3 is 19.9 Å². The summed E-state index contributed by atoms with van der Waals surface area (Å²) in [5.74, 6) is 1.28. The maximum absolute atomic E-state index is 9.67. The zero-order valence-electron chi connectivity index (χ0n) is 16.3. The molecule has 152 valence electrons. The molecule has 29 heavy (non-hydrogen) atoms. The normalized spacial score (nSPS) is 10.6. The molecular formula is C23H23Cl2NO3. The Morgan fingerprint density at radius 3 is 2.34 bits per heavy atom. The van der Waals surface area contributed by atoms with E-state index in [1.807, 2.05) is 37.3 Å². The van der Waals surface area contributed by atoms with E-state index in [0.717, 1.165) is 16.8 Å². The molecule has 2 N–H and O–H groups in total. The molecule has 4 nitrogen and oxygen atoms in total. The molecule has 0 unspecified atom stereocenters. The van der Waals surface area contributed by atoms with Crippen molar-refractivity contribution >= 4 is 28.9 Å². The zero-order valence-corrected chi connectivity index (χ0v) is 17.8. The quantitative estimate of drug-likeness (QED) is 0.394. The number of phenols is 1. The molecule has 0 aliphatic rings. The summed E-state index contributed by atoms with van der Waals surface area (Å²) in [6.07, 6.45) is 0. The van der Waals surface area contributed by atoms with E-state index in [1.165, 1.54) is 5.56 Å². The predicted octanol–water partition coefficient (Wildman–Crippen LogP) is 6.60. The molecule has 3 aromatic carbocycles. The van der Waals surface area contributed by atoms with Gasteiger partial charge in [-0.1, -0.05) is 59.1 Å². The van der Waals surface area contributed by atoms with Crippen molar-refractivity contribution < 1.29 is 14.6 Å². The van der Waals surface area contributed by atoms with Gasteiger partial charge in [0.15, 0.2) is 17.2 Å². The van der Waals surface area contributed by atoms with E-state index in [9.17, 15) is 5.11 Å². The van der Waals surface area contributed by atoms with E-state index < -0.39 is 0 Å². The summed E-state index contributed by atoms with van der Waals surface area (Å²) in [6.45, 7) is 5.56. The fraction of sp³-hybridized carbons (Fsp3) is 0.217. The van der Waals surface area contributed by atoms with Gasteiger partial charge in [-0.15, -0.1) is 0 Å². The fourth-order valence-electron chi connectivity index (χ4n) is 2.88. The molecule has 6 heteroatoms. The lowest BCUT2D eigenvalue weighted by molar-refractivity contribution is 0.269. The smallest absolute Gasteiger partial charge is 0.161 e. The minimum Gasteiger partial charge on any atom is -0.505 e. The van der Waals surface area contributed by atoms with Crippen molar-refractivity contribution in [2.45, 2.75) is 27.0 Å². The highest BCUT2D eigenvalue weighted by Crippen LogP contribution is 2.35. The maximum Gasteiger partial charge on any atom is 0.161 e. The van der Waals surface area contributed by atoms with Crippen LogP contribution in [0, 0.1) is 6.92 Å². The van der Waals surface area contributed by atoms with Crippen molar-refractivity contribution in [3.05, 3.63) is 81.3 Å². The predicted molar refractivity (Wildman–Crippen MR) is 119 cm³/mol. The van der Waals surface area contributed by atoms with Crippen molar-refractivity contribution in [3.63, 3.8) is 0 Å². The second-order valence-corrected chi connectivity index (χ2v) is 7.45. The Balaban J connectivity index is 1.70. The molecule has 0 aromatic heterocycles. The Morgan fingerprint density at radius 1 is 0.897 bits per heavy atom. The lowest BCUT2D eigenvalue weighted by Crippen LogP contribution is -2.03. The highest BCUT2D eigenvalue weighted by molar-refractivity contribution is 6.37. The number of hydrogen-bond acceptors (Lipinski definition) is 4. The lowest BCUT2D eigenvalue weighted by atomic mass is 10.1. The average Bonchev–Trinajstić information content (AvgIpc) is 2.70. The van der Waals surface area contributed by atoms with Gasteiger partial charge in [-0.3, -0.25) is 0 Å². The van der Waals surface area contributed by atoms with Gasteiger partial charge in [-0.25, -0.2) is 0 Å². The molecule has 3 rings (SSSR count). The van der Waals surface area contributed by atoms with Crippen LogP contribution in [0.15, 0.2) is 54.6 Å². The number of anilines is 1. The second kappa shape index (κ2) is 9.77. The van der Waals surface area contributed by atoms with Crippen LogP contribution in [-0.4, -0.2) is 11.7 Å². The van der Waals surface area contributed by atoms with Crippen molar-refractivity contribution in [3.8, 4) is 17.2 Å². The van der Waals surface area contributed by atoms with E-state index in [2.05, 4.69) is 24.4 Å². The number of hydrogen-bond donors (Lipinski definition) is 2. The van der Waals surface area contributed by atoms with E-state index >= 15 is 0 Å². The van der Waals surface area contributed by atoms with Gasteiger partial charge in [0.05, 0.1) is 16.7 Å². The van der Waals surface area contributed by atoms with Gasteiger partial charge >= 0.3 is 0 Å². The highest BCUT2D eigenvalue weighted by Gasteiger charge is 2.09. The number of aryl methyl sites for hydroxylation is 1. The molecule has 0 spiro atoms. The van der Waals surface area contributed by atoms with Crippen molar-refractivity contribution in [2.75, 3.05) is 11.9 Å². The molecule has 3 aromatic rings. The summed E-state index contributed by atoms with van der Waals surface area (Å²) >= 11 is 11.9. The Kier molecular flexibility index (Phi) is 7.13. The highest BCUT2D eigenvalue weighted by atomic mass is 35.5. The monoisotopic (exact) mass is 431 g/mol. The van der Waals surface area contributed by atoms with Crippen molar-refractivity contribution in [1.29, 1.82) is 0 Å². The molecule has 0 bridgehead atoms. The number of nitrogens with one attached hydrogen (secondary N) is 1. The minimum atomic E-state index is -0.118. The molecule has 0 fully saturated rings. The Labute approximate surface area is 181 Å². The van der Waals surface area contributed by atoms with Gasteiger partial charge in [0.25, 0.3) is 0 Å². The first-order chi connectivity index (χ1) is 14.0. The maximum atomic E-state index is 9.67. The van der Waals surface area contributed by atoms with E-state index in [4.69, 9.17) is 32.7 Å². The zero-order chi connectivity index (χ0) is 20.8. The average molecular weight is 432 g/mol. The van der Waals surface area contributed by atoms with E-state index in [0.29, 0.717) is 31.3 Å². The third-order valence-corrected chi connectivity index (χ3v) is 4.87. The number of phenolic OH excluding ortho intramolecular Hbond substituents is 1. The molecular weight excluding hydrogens is 409 g/mol. The van der Waals surface area contributed by atoms with Gasteiger partial charge in [-0.2, -0.15) is 0 Å². The van der Waals surface area contributed by atoms with Crippen LogP contribution in [-0.2, 0) is 13.2 Å². The van der Waals surface area contributed by atoms with Crippen LogP contribution in [0.5, 0.6) is 17.2 Å². The first kappa shape index (κ1) is 21.2. The third-order valence-electron chi connectivity index (χ3n) is 4.30. The lowest BCUT2D eigenvalue weighted by Gasteiger charge is -2.15. The van der Waals surface area contributed by atoms with Gasteiger partial charge in [0, 0.05) is 12.2 Å². The Morgan fingerprint density at radius 2 is 1.66 bits per heavy atom. The van der Waals surface area contributed by atoms with Crippen LogP contribution in [0.3, 0.4) is 0 Å². The van der Waals surface area contributed by atoms with Crippen molar-refractivity contribution in [1.82, 2.24) is 0 Å². The summed E-state index contributed by atoms with van der Waals surface area (Å²) in [6, 6.07) is 17.3. The SMILES string of the molecule is CCOc1cc(CNc2cc(Cl)c(O)c(Cl)c2)ccc1OCc1cccc(C)c1. The molecule has 0 saturated heterocycles. The Hall–Kier alpha value is -2.56. The van der Waals surface area contributed by atoms with Crippen molar-refractivity contribution in [2.24, 2.45) is 0 Å². The third kappa shape index (κ3) is 5.72. The number of aromatic hydroxyl groups is 1. The van der Waals surface area contributed by atoms with E-state index in [-0.39, 0.29) is 15.8 Å². The van der Waals surface area contributed by atoms with Gasteiger partial charge in [0.1, 0.15) is 6.61 Å². The van der Waals surface area contributed by atoms with Crippen LogP contribution in [0.2, 0.25) is 10.0 Å². The Bertz CT molecular complexity index is 969.